The van der Waals surface area contributed by atoms with Gasteiger partial charge in [-0.1, -0.05) is 17.8 Å². The van der Waals surface area contributed by atoms with Gasteiger partial charge in [0.1, 0.15) is 11.8 Å². The van der Waals surface area contributed by atoms with Crippen molar-refractivity contribution in [3.8, 4) is 0 Å². The highest BCUT2D eigenvalue weighted by molar-refractivity contribution is 7.99. The van der Waals surface area contributed by atoms with Crippen LogP contribution in [0, 0.1) is 0 Å². The number of methoxy groups -OCH3 is 1. The van der Waals surface area contributed by atoms with Crippen molar-refractivity contribution >= 4 is 33.4 Å². The number of hydrogen-bond acceptors (Lipinski definition) is 7. The Labute approximate surface area is 144 Å². The minimum atomic E-state index is -3.92. The fourth-order valence-electron chi connectivity index (χ4n) is 2.53. The molecule has 2 heterocycles. The molecule has 128 valence electrons. The van der Waals surface area contributed by atoms with Crippen LogP contribution in [0.3, 0.4) is 0 Å². The van der Waals surface area contributed by atoms with E-state index in [-0.39, 0.29) is 5.75 Å². The first kappa shape index (κ1) is 17.2. The molecule has 1 aliphatic rings. The minimum absolute atomic E-state index is 0.241. The molecule has 1 N–H and O–H groups in total. The Hall–Kier alpha value is -1.68. The van der Waals surface area contributed by atoms with Crippen LogP contribution in [0.2, 0.25) is 0 Å². The monoisotopic (exact) mass is 367 g/mol. The van der Waals surface area contributed by atoms with Gasteiger partial charge in [0.2, 0.25) is 0 Å². The zero-order chi connectivity index (χ0) is 17.2. The van der Waals surface area contributed by atoms with Crippen molar-refractivity contribution in [1.82, 2.24) is 9.97 Å². The maximum Gasteiger partial charge on any atom is 0.264 e. The van der Waals surface area contributed by atoms with E-state index in [0.717, 1.165) is 27.0 Å². The summed E-state index contributed by atoms with van der Waals surface area (Å²) in [5.74, 6) is 0.501. The molecule has 0 saturated heterocycles. The van der Waals surface area contributed by atoms with Crippen molar-refractivity contribution < 1.29 is 17.7 Å². The van der Waals surface area contributed by atoms with Crippen LogP contribution in [0.1, 0.15) is 12.0 Å². The summed E-state index contributed by atoms with van der Waals surface area (Å²) >= 11 is 1.54. The van der Waals surface area contributed by atoms with E-state index >= 15 is 0 Å². The van der Waals surface area contributed by atoms with E-state index < -0.39 is 10.1 Å². The van der Waals surface area contributed by atoms with Gasteiger partial charge in [-0.2, -0.15) is 8.42 Å². The van der Waals surface area contributed by atoms with E-state index in [9.17, 15) is 8.42 Å². The fourth-order valence-corrected chi connectivity index (χ4v) is 4.02. The number of ether oxygens (including phenoxy) is 1. The topological polar surface area (TPSA) is 92.6 Å². The molecule has 24 heavy (non-hydrogen) atoms. The lowest BCUT2D eigenvalue weighted by Gasteiger charge is -2.30. The molecule has 0 radical (unpaired) electrons. The number of anilines is 2. The average molecular weight is 367 g/mol. The zero-order valence-corrected chi connectivity index (χ0v) is 14.7. The fraction of sp³-hybridized carbons (Fsp3) is 0.333. The second-order valence-corrected chi connectivity index (χ2v) is 7.93. The van der Waals surface area contributed by atoms with Crippen molar-refractivity contribution in [1.29, 1.82) is 0 Å². The van der Waals surface area contributed by atoms with Crippen molar-refractivity contribution in [3.63, 3.8) is 0 Å². The van der Waals surface area contributed by atoms with E-state index in [2.05, 4.69) is 9.97 Å². The van der Waals surface area contributed by atoms with Gasteiger partial charge in [0.15, 0.2) is 5.82 Å². The lowest BCUT2D eigenvalue weighted by atomic mass is 10.1. The number of hydrogen-bond donors (Lipinski definition) is 1. The summed E-state index contributed by atoms with van der Waals surface area (Å²) in [6, 6.07) is 5.95. The van der Waals surface area contributed by atoms with Gasteiger partial charge >= 0.3 is 0 Å². The molecule has 1 aliphatic heterocycles. The largest absolute Gasteiger partial charge is 0.364 e. The molecule has 3 rings (SSSR count). The van der Waals surface area contributed by atoms with E-state index in [4.69, 9.17) is 9.29 Å². The molecule has 7 nitrogen and oxygen atoms in total. The molecule has 1 aromatic carbocycles. The van der Waals surface area contributed by atoms with E-state index in [1.807, 2.05) is 23.1 Å². The molecule has 9 heteroatoms. The van der Waals surface area contributed by atoms with Crippen molar-refractivity contribution in [2.24, 2.45) is 0 Å². The minimum Gasteiger partial charge on any atom is -0.364 e. The summed E-state index contributed by atoms with van der Waals surface area (Å²) < 4.78 is 35.8. The lowest BCUT2D eigenvalue weighted by Crippen LogP contribution is -2.24. The third-order valence-electron chi connectivity index (χ3n) is 3.55. The number of fused-ring (bicyclic) bond motifs is 2. The maximum atomic E-state index is 10.8. The Morgan fingerprint density at radius 2 is 2.08 bits per heavy atom. The van der Waals surface area contributed by atoms with Gasteiger partial charge in [0, 0.05) is 24.4 Å². The third kappa shape index (κ3) is 3.86. The lowest BCUT2D eigenvalue weighted by molar-refractivity contribution is 0.204. The predicted octanol–water partition coefficient (Wildman–Crippen LogP) is 2.50. The zero-order valence-electron chi connectivity index (χ0n) is 13.0. The van der Waals surface area contributed by atoms with Gasteiger partial charge in [0.25, 0.3) is 10.1 Å². The van der Waals surface area contributed by atoms with Crippen LogP contribution in [0.15, 0.2) is 40.5 Å². The van der Waals surface area contributed by atoms with Crippen LogP contribution in [0.5, 0.6) is 0 Å². The van der Waals surface area contributed by atoms with Crippen LogP contribution in [-0.2, 0) is 21.3 Å². The molecule has 0 fully saturated rings. The summed E-state index contributed by atoms with van der Waals surface area (Å²) in [5, 5.41) is 0.821. The maximum absolute atomic E-state index is 10.8. The molecule has 0 aliphatic carbocycles. The summed E-state index contributed by atoms with van der Waals surface area (Å²) in [5.41, 5.74) is 1.95. The quantitative estimate of drug-likeness (QED) is 0.779. The summed E-state index contributed by atoms with van der Waals surface area (Å²) in [6.07, 6.45) is 4.23. The Morgan fingerprint density at radius 1 is 1.29 bits per heavy atom. The number of benzene rings is 1. The SMILES string of the molecule is COCN1c2cc(CCCS(=O)(=O)O)ccc2Sc2nccnc21. The van der Waals surface area contributed by atoms with Gasteiger partial charge in [-0.15, -0.1) is 0 Å². The molecule has 0 bridgehead atoms. The highest BCUT2D eigenvalue weighted by atomic mass is 32.2. The normalized spacial score (nSPS) is 13.5. The Bertz CT molecular complexity index is 842. The summed E-state index contributed by atoms with van der Waals surface area (Å²) in [7, 11) is -2.31. The smallest absolute Gasteiger partial charge is 0.264 e. The van der Waals surface area contributed by atoms with Gasteiger partial charge in [0.05, 0.1) is 11.4 Å². The van der Waals surface area contributed by atoms with Gasteiger partial charge in [-0.25, -0.2) is 9.97 Å². The molecular weight excluding hydrogens is 350 g/mol. The summed E-state index contributed by atoms with van der Waals surface area (Å²) in [4.78, 5) is 11.7. The standard InChI is InChI=1S/C15H17N3O4S2/c1-22-10-18-12-9-11(3-2-8-24(19,20)21)4-5-13(12)23-15-14(18)16-6-7-17-15/h4-7,9H,2-3,8,10H2,1H3,(H,19,20,21). The summed E-state index contributed by atoms with van der Waals surface area (Å²) in [6.45, 7) is 0.341. The van der Waals surface area contributed by atoms with E-state index in [0.29, 0.717) is 19.6 Å². The Morgan fingerprint density at radius 3 is 2.83 bits per heavy atom. The van der Waals surface area contributed by atoms with Crippen LogP contribution in [-0.4, -0.2) is 42.5 Å². The highest BCUT2D eigenvalue weighted by Crippen LogP contribution is 2.46. The number of aryl methyl sites for hydroxylation is 1. The molecule has 0 atom stereocenters. The molecule has 1 aromatic heterocycles. The van der Waals surface area contributed by atoms with Crippen molar-refractivity contribution in [3.05, 3.63) is 36.2 Å². The van der Waals surface area contributed by atoms with Crippen LogP contribution < -0.4 is 4.90 Å². The van der Waals surface area contributed by atoms with Gasteiger partial charge in [-0.05, 0) is 30.5 Å². The number of nitrogens with zero attached hydrogens (tertiary/aromatic N) is 3. The molecule has 2 aromatic rings. The molecule has 0 spiro atoms. The Balaban J connectivity index is 1.87. The molecule has 0 unspecified atom stereocenters. The highest BCUT2D eigenvalue weighted by Gasteiger charge is 2.25. The predicted molar refractivity (Wildman–Crippen MR) is 91.3 cm³/mol. The molecule has 0 saturated carbocycles. The van der Waals surface area contributed by atoms with Crippen LogP contribution in [0.4, 0.5) is 11.5 Å². The number of aromatic nitrogens is 2. The second-order valence-electron chi connectivity index (χ2n) is 5.32. The second kappa shape index (κ2) is 7.06. The first-order chi connectivity index (χ1) is 11.5. The van der Waals surface area contributed by atoms with Crippen molar-refractivity contribution in [2.45, 2.75) is 22.8 Å². The number of rotatable bonds is 6. The third-order valence-corrected chi connectivity index (χ3v) is 5.40. The molecule has 0 amide bonds. The van der Waals surface area contributed by atoms with Crippen molar-refractivity contribution in [2.75, 3.05) is 24.5 Å². The first-order valence-electron chi connectivity index (χ1n) is 7.31. The Kier molecular flexibility index (Phi) is 5.04. The van der Waals surface area contributed by atoms with Gasteiger partial charge < -0.3 is 4.74 Å². The van der Waals surface area contributed by atoms with E-state index in [1.54, 1.807) is 31.3 Å². The van der Waals surface area contributed by atoms with E-state index in [1.165, 1.54) is 0 Å². The average Bonchev–Trinajstić information content (AvgIpc) is 2.54. The molecular formula is C15H17N3O4S2. The van der Waals surface area contributed by atoms with Crippen LogP contribution >= 0.6 is 11.8 Å². The van der Waals surface area contributed by atoms with Crippen LogP contribution in [0.25, 0.3) is 0 Å². The first-order valence-corrected chi connectivity index (χ1v) is 9.74. The van der Waals surface area contributed by atoms with Gasteiger partial charge in [-0.3, -0.25) is 9.45 Å².